The Hall–Kier alpha value is -2.09. The summed E-state index contributed by atoms with van der Waals surface area (Å²) in [6, 6.07) is 8.72. The van der Waals surface area contributed by atoms with Crippen LogP contribution in [-0.2, 0) is 10.1 Å². The van der Waals surface area contributed by atoms with Crippen molar-refractivity contribution in [2.45, 2.75) is 5.51 Å². The van der Waals surface area contributed by atoms with E-state index in [-0.39, 0.29) is 11.8 Å². The highest BCUT2D eigenvalue weighted by atomic mass is 32.2. The van der Waals surface area contributed by atoms with Crippen molar-refractivity contribution in [3.8, 4) is 5.75 Å². The summed E-state index contributed by atoms with van der Waals surface area (Å²) >= 11 is 0. The van der Waals surface area contributed by atoms with E-state index in [4.69, 9.17) is 0 Å². The van der Waals surface area contributed by atoms with Crippen molar-refractivity contribution in [2.24, 2.45) is 0 Å². The van der Waals surface area contributed by atoms with Gasteiger partial charge in [-0.15, -0.1) is 0 Å². The molecule has 0 atom stereocenters. The molecule has 0 aliphatic heterocycles. The highest BCUT2D eigenvalue weighted by Gasteiger charge is 2.48. The number of fused-ring (bicyclic) bond motifs is 1. The topological polar surface area (TPSA) is 60.4 Å². The predicted octanol–water partition coefficient (Wildman–Crippen LogP) is 2.88. The third kappa shape index (κ3) is 2.46. The Morgan fingerprint density at radius 3 is 2.30 bits per heavy atom. The van der Waals surface area contributed by atoms with E-state index in [9.17, 15) is 26.4 Å². The van der Waals surface area contributed by atoms with Gasteiger partial charge in [0.25, 0.3) is 0 Å². The standard InChI is InChI=1S/C12H7F3O4S/c13-12(14,15)20(17,18)19-11-6-5-8-3-1-2-4-9(8)10(11)7-16/h1-7H. The Morgan fingerprint density at radius 1 is 1.05 bits per heavy atom. The van der Waals surface area contributed by atoms with Crippen LogP contribution in [-0.4, -0.2) is 20.2 Å². The SMILES string of the molecule is O=Cc1c(OS(=O)(=O)C(F)(F)F)ccc2ccccc12. The van der Waals surface area contributed by atoms with Crippen LogP contribution in [0.5, 0.6) is 5.75 Å². The van der Waals surface area contributed by atoms with Gasteiger partial charge in [-0.1, -0.05) is 30.3 Å². The fourth-order valence-electron chi connectivity index (χ4n) is 1.64. The fraction of sp³-hybridized carbons (Fsp3) is 0.0833. The van der Waals surface area contributed by atoms with Gasteiger partial charge < -0.3 is 4.18 Å². The first-order chi connectivity index (χ1) is 9.26. The van der Waals surface area contributed by atoms with E-state index < -0.39 is 21.4 Å². The maximum absolute atomic E-state index is 12.3. The maximum Gasteiger partial charge on any atom is 0.534 e. The van der Waals surface area contributed by atoms with Crippen LogP contribution in [0, 0.1) is 0 Å². The van der Waals surface area contributed by atoms with Gasteiger partial charge in [-0.3, -0.25) is 4.79 Å². The molecule has 0 aliphatic rings. The Morgan fingerprint density at radius 2 is 1.70 bits per heavy atom. The molecule has 2 rings (SSSR count). The third-order valence-corrected chi connectivity index (χ3v) is 3.50. The molecule has 4 nitrogen and oxygen atoms in total. The average molecular weight is 304 g/mol. The number of hydrogen-bond donors (Lipinski definition) is 0. The van der Waals surface area contributed by atoms with Crippen LogP contribution in [0.1, 0.15) is 10.4 Å². The van der Waals surface area contributed by atoms with Crippen LogP contribution in [0.2, 0.25) is 0 Å². The van der Waals surface area contributed by atoms with Gasteiger partial charge in [0.15, 0.2) is 12.0 Å². The van der Waals surface area contributed by atoms with E-state index in [2.05, 4.69) is 4.18 Å². The molecule has 2 aromatic rings. The van der Waals surface area contributed by atoms with Crippen molar-refractivity contribution in [2.75, 3.05) is 0 Å². The Balaban J connectivity index is 2.59. The van der Waals surface area contributed by atoms with Crippen LogP contribution >= 0.6 is 0 Å². The molecule has 0 bridgehead atoms. The Labute approximate surface area is 111 Å². The van der Waals surface area contributed by atoms with Crippen LogP contribution in [0.15, 0.2) is 36.4 Å². The lowest BCUT2D eigenvalue weighted by Crippen LogP contribution is -2.28. The molecule has 0 fully saturated rings. The summed E-state index contributed by atoms with van der Waals surface area (Å²) in [5.74, 6) is -0.656. The van der Waals surface area contributed by atoms with Gasteiger partial charge in [0, 0.05) is 0 Å². The maximum atomic E-state index is 12.3. The molecule has 2 aromatic carbocycles. The van der Waals surface area contributed by atoms with Crippen LogP contribution in [0.4, 0.5) is 13.2 Å². The largest absolute Gasteiger partial charge is 0.534 e. The molecule has 8 heteroatoms. The minimum Gasteiger partial charge on any atom is -0.375 e. The number of carbonyl (C=O) groups is 1. The summed E-state index contributed by atoms with van der Waals surface area (Å²) in [5.41, 5.74) is -5.81. The van der Waals surface area contributed by atoms with Crippen molar-refractivity contribution >= 4 is 27.2 Å². The fourth-order valence-corrected chi connectivity index (χ4v) is 2.11. The molecule has 0 aliphatic carbocycles. The number of hydrogen-bond acceptors (Lipinski definition) is 4. The Kier molecular flexibility index (Phi) is 3.43. The smallest absolute Gasteiger partial charge is 0.375 e. The van der Waals surface area contributed by atoms with Crippen molar-refractivity contribution in [1.29, 1.82) is 0 Å². The second-order valence-corrected chi connectivity index (χ2v) is 5.34. The molecule has 0 aromatic heterocycles. The Bertz CT molecular complexity index is 766. The average Bonchev–Trinajstić information content (AvgIpc) is 2.36. The lowest BCUT2D eigenvalue weighted by atomic mass is 10.0. The van der Waals surface area contributed by atoms with Gasteiger partial charge in [-0.25, -0.2) is 0 Å². The number of carbonyl (C=O) groups excluding carboxylic acids is 1. The molecule has 0 unspecified atom stereocenters. The van der Waals surface area contributed by atoms with E-state index >= 15 is 0 Å². The first-order valence-corrected chi connectivity index (χ1v) is 6.65. The molecule has 0 N–H and O–H groups in total. The summed E-state index contributed by atoms with van der Waals surface area (Å²) in [7, 11) is -5.81. The highest BCUT2D eigenvalue weighted by molar-refractivity contribution is 7.88. The molecular formula is C12H7F3O4S. The summed E-state index contributed by atoms with van der Waals surface area (Å²) in [6.45, 7) is 0. The van der Waals surface area contributed by atoms with Crippen molar-refractivity contribution in [3.05, 3.63) is 42.0 Å². The summed E-state index contributed by atoms with van der Waals surface area (Å²) < 4.78 is 62.7. The lowest BCUT2D eigenvalue weighted by molar-refractivity contribution is -0.0500. The highest BCUT2D eigenvalue weighted by Crippen LogP contribution is 2.31. The normalized spacial score (nSPS) is 12.3. The van der Waals surface area contributed by atoms with Gasteiger partial charge in [0.1, 0.15) is 0 Å². The monoisotopic (exact) mass is 304 g/mol. The first-order valence-electron chi connectivity index (χ1n) is 5.24. The van der Waals surface area contributed by atoms with Crippen LogP contribution < -0.4 is 4.18 Å². The van der Waals surface area contributed by atoms with E-state index in [1.54, 1.807) is 18.2 Å². The summed E-state index contributed by atoms with van der Waals surface area (Å²) in [6.07, 6.45) is 0.254. The predicted molar refractivity (Wildman–Crippen MR) is 64.9 cm³/mol. The first kappa shape index (κ1) is 14.3. The molecular weight excluding hydrogens is 297 g/mol. The quantitative estimate of drug-likeness (QED) is 0.497. The number of benzene rings is 2. The van der Waals surface area contributed by atoms with Crippen molar-refractivity contribution in [3.63, 3.8) is 0 Å². The van der Waals surface area contributed by atoms with Gasteiger partial charge in [0.2, 0.25) is 0 Å². The minimum absolute atomic E-state index is 0.254. The van der Waals surface area contributed by atoms with Gasteiger partial charge in [0.05, 0.1) is 5.56 Å². The van der Waals surface area contributed by atoms with Gasteiger partial charge in [-0.2, -0.15) is 21.6 Å². The number of aldehydes is 1. The summed E-state index contributed by atoms with van der Waals surface area (Å²) in [5, 5.41) is 0.878. The van der Waals surface area contributed by atoms with E-state index in [0.29, 0.717) is 10.8 Å². The zero-order valence-electron chi connectivity index (χ0n) is 9.72. The van der Waals surface area contributed by atoms with Crippen molar-refractivity contribution in [1.82, 2.24) is 0 Å². The third-order valence-electron chi connectivity index (χ3n) is 2.53. The lowest BCUT2D eigenvalue weighted by Gasteiger charge is -2.12. The second-order valence-electron chi connectivity index (χ2n) is 3.80. The number of rotatable bonds is 3. The molecule has 0 radical (unpaired) electrons. The molecule has 0 saturated carbocycles. The van der Waals surface area contributed by atoms with E-state index in [1.165, 1.54) is 12.1 Å². The van der Waals surface area contributed by atoms with E-state index in [1.807, 2.05) is 0 Å². The van der Waals surface area contributed by atoms with Crippen LogP contribution in [0.25, 0.3) is 10.8 Å². The molecule has 20 heavy (non-hydrogen) atoms. The van der Waals surface area contributed by atoms with Crippen LogP contribution in [0.3, 0.4) is 0 Å². The van der Waals surface area contributed by atoms with E-state index in [0.717, 1.165) is 6.07 Å². The van der Waals surface area contributed by atoms with Gasteiger partial charge in [-0.05, 0) is 16.8 Å². The second kappa shape index (κ2) is 4.78. The minimum atomic E-state index is -5.81. The molecule has 0 spiro atoms. The van der Waals surface area contributed by atoms with Crippen molar-refractivity contribution < 1.29 is 30.6 Å². The molecule has 0 amide bonds. The zero-order chi connectivity index (χ0) is 15.0. The summed E-state index contributed by atoms with van der Waals surface area (Å²) in [4.78, 5) is 11.0. The number of alkyl halides is 3. The molecule has 106 valence electrons. The zero-order valence-corrected chi connectivity index (χ0v) is 10.5. The molecule has 0 saturated heterocycles. The molecule has 0 heterocycles. The van der Waals surface area contributed by atoms with Gasteiger partial charge >= 0.3 is 15.6 Å². The number of halogens is 3.